The fourth-order valence-electron chi connectivity index (χ4n) is 6.20. The highest BCUT2D eigenvalue weighted by Crippen LogP contribution is 2.42. The van der Waals surface area contributed by atoms with Gasteiger partial charge in [0.25, 0.3) is 0 Å². The summed E-state index contributed by atoms with van der Waals surface area (Å²) in [7, 11) is 0. The van der Waals surface area contributed by atoms with Gasteiger partial charge in [0.1, 0.15) is 0 Å². The number of allylic oxidation sites excluding steroid dienone is 2. The Kier molecular flexibility index (Phi) is 9.54. The maximum atomic E-state index is 4.98. The van der Waals surface area contributed by atoms with Crippen molar-refractivity contribution in [1.29, 1.82) is 0 Å². The average Bonchev–Trinajstić information content (AvgIpc) is 3.75. The number of nitrogens with zero attached hydrogens (tertiary/aromatic N) is 5. The Bertz CT molecular complexity index is 2510. The molecule has 0 aliphatic carbocycles. The van der Waals surface area contributed by atoms with Crippen molar-refractivity contribution >= 4 is 53.4 Å². The van der Waals surface area contributed by atoms with Gasteiger partial charge in [-0.2, -0.15) is 0 Å². The second-order valence-electron chi connectivity index (χ2n) is 11.5. The molecule has 0 amide bonds. The molecule has 0 aliphatic heterocycles. The molecule has 0 spiro atoms. The molecule has 3 aromatic carbocycles. The van der Waals surface area contributed by atoms with Gasteiger partial charge < -0.3 is 4.57 Å². The summed E-state index contributed by atoms with van der Waals surface area (Å²) in [6.45, 7) is 8.00. The molecule has 5 nitrogen and oxygen atoms in total. The molecule has 0 fully saturated rings. The summed E-state index contributed by atoms with van der Waals surface area (Å²) in [6.07, 6.45) is 13.2. The van der Waals surface area contributed by atoms with Crippen molar-refractivity contribution < 1.29 is 0 Å². The van der Waals surface area contributed by atoms with Crippen LogP contribution in [-0.2, 0) is 0 Å². The van der Waals surface area contributed by atoms with Crippen LogP contribution in [-0.4, -0.2) is 24.5 Å². The summed E-state index contributed by atoms with van der Waals surface area (Å²) in [5, 5.41) is 3.79. The van der Waals surface area contributed by atoms with Crippen LogP contribution in [0.5, 0.6) is 0 Å². The van der Waals surface area contributed by atoms with Crippen molar-refractivity contribution in [3.05, 3.63) is 152 Å². The van der Waals surface area contributed by atoms with Gasteiger partial charge in [-0.15, -0.1) is 11.3 Å². The van der Waals surface area contributed by atoms with E-state index in [1.165, 1.54) is 25.6 Å². The van der Waals surface area contributed by atoms with E-state index in [1.807, 2.05) is 100 Å². The van der Waals surface area contributed by atoms with Crippen LogP contribution in [0.4, 0.5) is 0 Å². The molecule has 9 rings (SSSR count). The average molecular weight is 668 g/mol. The number of hydrogen-bond acceptors (Lipinski definition) is 5. The summed E-state index contributed by atoms with van der Waals surface area (Å²) in [6, 6.07) is 38.3. The number of hydrogen-bond donors (Lipinski definition) is 0. The molecule has 0 bridgehead atoms. The van der Waals surface area contributed by atoms with Crippen LogP contribution in [0.25, 0.3) is 81.4 Å². The van der Waals surface area contributed by atoms with Crippen LogP contribution in [0.1, 0.15) is 27.7 Å². The minimum Gasteiger partial charge on any atom is -0.308 e. The molecule has 0 unspecified atom stereocenters. The second-order valence-corrected chi connectivity index (χ2v) is 12.5. The summed E-state index contributed by atoms with van der Waals surface area (Å²) < 4.78 is 4.91. The number of rotatable bonds is 4. The Morgan fingerprint density at radius 2 is 1.24 bits per heavy atom. The molecule has 6 aromatic heterocycles. The van der Waals surface area contributed by atoms with E-state index in [9.17, 15) is 0 Å². The van der Waals surface area contributed by atoms with Gasteiger partial charge in [0.05, 0.1) is 27.9 Å². The molecule has 0 N–H and O–H groups in total. The van der Waals surface area contributed by atoms with Crippen LogP contribution < -0.4 is 0 Å². The summed E-state index contributed by atoms with van der Waals surface area (Å²) in [5.41, 5.74) is 10.3. The summed E-state index contributed by atoms with van der Waals surface area (Å²) >= 11 is 1.85. The second kappa shape index (κ2) is 14.6. The van der Waals surface area contributed by atoms with Crippen molar-refractivity contribution in [2.75, 3.05) is 0 Å². The lowest BCUT2D eigenvalue weighted by Crippen LogP contribution is -1.95. The lowest BCUT2D eigenvalue weighted by atomic mass is 10.0. The molecule has 0 atom stereocenters. The lowest BCUT2D eigenvalue weighted by molar-refractivity contribution is 1.18. The normalized spacial score (nSPS) is 11.1. The first kappa shape index (κ1) is 32.6. The third-order valence-electron chi connectivity index (χ3n) is 8.56. The third-order valence-corrected chi connectivity index (χ3v) is 9.77. The highest BCUT2D eigenvalue weighted by atomic mass is 32.1. The largest absolute Gasteiger partial charge is 0.308 e. The van der Waals surface area contributed by atoms with Crippen LogP contribution >= 0.6 is 11.3 Å². The summed E-state index contributed by atoms with van der Waals surface area (Å²) in [5.74, 6) is 0. The van der Waals surface area contributed by atoms with E-state index in [1.54, 1.807) is 12.4 Å². The van der Waals surface area contributed by atoms with E-state index in [4.69, 9.17) is 9.97 Å². The summed E-state index contributed by atoms with van der Waals surface area (Å²) in [4.78, 5) is 18.5. The van der Waals surface area contributed by atoms with Gasteiger partial charge in [-0.25, -0.2) is 4.98 Å². The molecular weight excluding hydrogens is 631 g/mol. The monoisotopic (exact) mass is 667 g/mol. The molecule has 244 valence electrons. The fraction of sp³-hybridized carbons (Fsp3) is 0.0909. The standard InChI is InChI=1S/C38H23N5S.C4H8.C2H6/c1-2-10-35-29(8-1)30-15-16-33-36(38(30)44-35)37-34(9-5-19-41-37)43(33)28-13-11-24(12-14-28)27-20-31(25-6-3-17-39-22-25)42-32(21-27)26-7-4-18-40-23-26;1-3-4-2;1-2/h1-23H;3-4H,1-2H3;1-2H3/b;4-3-;. The first-order valence-electron chi connectivity index (χ1n) is 16.9. The van der Waals surface area contributed by atoms with Gasteiger partial charge >= 0.3 is 0 Å². The predicted molar refractivity (Wildman–Crippen MR) is 213 cm³/mol. The minimum absolute atomic E-state index is 0.874. The van der Waals surface area contributed by atoms with Crippen LogP contribution in [0.2, 0.25) is 0 Å². The van der Waals surface area contributed by atoms with Crippen molar-refractivity contribution in [1.82, 2.24) is 24.5 Å². The zero-order chi connectivity index (χ0) is 34.5. The van der Waals surface area contributed by atoms with Crippen molar-refractivity contribution in [2.45, 2.75) is 27.7 Å². The number of fused-ring (bicyclic) bond motifs is 7. The highest BCUT2D eigenvalue weighted by molar-refractivity contribution is 7.26. The molecule has 0 saturated carbocycles. The van der Waals surface area contributed by atoms with Gasteiger partial charge in [-0.3, -0.25) is 15.0 Å². The number of pyridine rings is 4. The molecule has 9 aromatic rings. The van der Waals surface area contributed by atoms with Crippen LogP contribution in [0, 0.1) is 0 Å². The Hall–Kier alpha value is -5.98. The van der Waals surface area contributed by atoms with Crippen LogP contribution in [0.15, 0.2) is 152 Å². The van der Waals surface area contributed by atoms with Gasteiger partial charge in [0.15, 0.2) is 0 Å². The van der Waals surface area contributed by atoms with Crippen molar-refractivity contribution in [3.8, 4) is 39.3 Å². The minimum atomic E-state index is 0.874. The van der Waals surface area contributed by atoms with Gasteiger partial charge in [-0.1, -0.05) is 62.4 Å². The van der Waals surface area contributed by atoms with Crippen molar-refractivity contribution in [3.63, 3.8) is 0 Å². The lowest BCUT2D eigenvalue weighted by Gasteiger charge is -2.12. The molecular formula is C44H37N5S. The number of benzene rings is 3. The molecule has 6 heterocycles. The Labute approximate surface area is 296 Å². The third kappa shape index (κ3) is 6.06. The van der Waals surface area contributed by atoms with Crippen LogP contribution in [0.3, 0.4) is 0 Å². The van der Waals surface area contributed by atoms with Gasteiger partial charge in [0, 0.05) is 73.4 Å². The first-order valence-corrected chi connectivity index (χ1v) is 17.8. The fourth-order valence-corrected chi connectivity index (χ4v) is 7.44. The van der Waals surface area contributed by atoms with E-state index < -0.39 is 0 Å². The van der Waals surface area contributed by atoms with E-state index in [0.29, 0.717) is 0 Å². The molecule has 0 aliphatic rings. The maximum absolute atomic E-state index is 4.98. The Balaban J connectivity index is 0.000000613. The van der Waals surface area contributed by atoms with E-state index >= 15 is 0 Å². The topological polar surface area (TPSA) is 56.5 Å². The molecule has 6 heteroatoms. The molecule has 0 saturated heterocycles. The van der Waals surface area contributed by atoms with Gasteiger partial charge in [0.2, 0.25) is 0 Å². The Morgan fingerprint density at radius 3 is 1.88 bits per heavy atom. The molecule has 0 radical (unpaired) electrons. The van der Waals surface area contributed by atoms with Crippen molar-refractivity contribution in [2.24, 2.45) is 0 Å². The predicted octanol–water partition coefficient (Wildman–Crippen LogP) is 12.3. The zero-order valence-corrected chi connectivity index (χ0v) is 29.4. The van der Waals surface area contributed by atoms with E-state index in [2.05, 4.69) is 93.4 Å². The smallest absolute Gasteiger partial charge is 0.0977 e. The van der Waals surface area contributed by atoms with E-state index in [-0.39, 0.29) is 0 Å². The number of aromatic nitrogens is 5. The van der Waals surface area contributed by atoms with E-state index in [0.717, 1.165) is 55.9 Å². The van der Waals surface area contributed by atoms with Gasteiger partial charge in [-0.05, 0) is 97.8 Å². The Morgan fingerprint density at radius 1 is 0.580 bits per heavy atom. The first-order chi connectivity index (χ1) is 24.7. The maximum Gasteiger partial charge on any atom is 0.0977 e. The highest BCUT2D eigenvalue weighted by Gasteiger charge is 2.18. The quantitative estimate of drug-likeness (QED) is 0.175. The molecule has 50 heavy (non-hydrogen) atoms. The zero-order valence-electron chi connectivity index (χ0n) is 28.6. The number of thiophene rings is 1. The SMILES string of the molecule is C/C=C\C.CC.c1cncc(-c2cc(-c3ccc(-n4c5cccnc5c5c6sc7ccccc7c6ccc54)cc3)cc(-c3cccnc3)n2)c1.